The normalized spacial score (nSPS) is 11.4. The van der Waals surface area contributed by atoms with Crippen molar-refractivity contribution in [1.29, 1.82) is 0 Å². The summed E-state index contributed by atoms with van der Waals surface area (Å²) in [7, 11) is 0. The molecule has 0 saturated heterocycles. The van der Waals surface area contributed by atoms with Gasteiger partial charge in [0, 0.05) is 25.5 Å². The number of rotatable bonds is 7. The SMILES string of the molecule is NC(=NCc1ccc(Cn2ccnc2)cc1)NCCc1ccccc1. The van der Waals surface area contributed by atoms with Gasteiger partial charge in [-0.1, -0.05) is 54.6 Å². The zero-order valence-corrected chi connectivity index (χ0v) is 14.2. The maximum absolute atomic E-state index is 5.93. The Morgan fingerprint density at radius 2 is 1.76 bits per heavy atom. The minimum Gasteiger partial charge on any atom is -0.370 e. The molecule has 0 amide bonds. The Labute approximate surface area is 148 Å². The van der Waals surface area contributed by atoms with Crippen LogP contribution in [0.5, 0.6) is 0 Å². The van der Waals surface area contributed by atoms with E-state index in [0.717, 1.165) is 25.1 Å². The molecule has 3 aromatic rings. The third kappa shape index (κ3) is 5.49. The van der Waals surface area contributed by atoms with Gasteiger partial charge in [-0.05, 0) is 23.1 Å². The lowest BCUT2D eigenvalue weighted by Crippen LogP contribution is -2.33. The lowest BCUT2D eigenvalue weighted by Gasteiger charge is -2.06. The Kier molecular flexibility index (Phi) is 5.82. The van der Waals surface area contributed by atoms with Crippen LogP contribution >= 0.6 is 0 Å². The molecule has 25 heavy (non-hydrogen) atoms. The van der Waals surface area contributed by atoms with Gasteiger partial charge in [-0.2, -0.15) is 0 Å². The van der Waals surface area contributed by atoms with Crippen LogP contribution in [0.1, 0.15) is 16.7 Å². The molecule has 0 radical (unpaired) electrons. The second kappa shape index (κ2) is 8.68. The number of imidazole rings is 1. The van der Waals surface area contributed by atoms with Gasteiger partial charge in [0.2, 0.25) is 0 Å². The molecule has 1 aromatic heterocycles. The van der Waals surface area contributed by atoms with Gasteiger partial charge < -0.3 is 15.6 Å². The minimum absolute atomic E-state index is 0.485. The summed E-state index contributed by atoms with van der Waals surface area (Å²) >= 11 is 0. The predicted octanol–water partition coefficient (Wildman–Crippen LogP) is 2.58. The van der Waals surface area contributed by atoms with Crippen LogP contribution in [0.25, 0.3) is 0 Å². The molecular weight excluding hydrogens is 310 g/mol. The molecule has 5 nitrogen and oxygen atoms in total. The largest absolute Gasteiger partial charge is 0.370 e. The van der Waals surface area contributed by atoms with Crippen molar-refractivity contribution in [3.63, 3.8) is 0 Å². The molecule has 0 bridgehead atoms. The Balaban J connectivity index is 1.44. The Morgan fingerprint density at radius 1 is 1.00 bits per heavy atom. The van der Waals surface area contributed by atoms with E-state index in [9.17, 15) is 0 Å². The summed E-state index contributed by atoms with van der Waals surface area (Å²) in [5, 5.41) is 3.16. The van der Waals surface area contributed by atoms with Crippen molar-refractivity contribution in [3.8, 4) is 0 Å². The van der Waals surface area contributed by atoms with Gasteiger partial charge in [0.25, 0.3) is 0 Å². The van der Waals surface area contributed by atoms with Gasteiger partial charge in [0.15, 0.2) is 5.96 Å². The third-order valence-electron chi connectivity index (χ3n) is 3.94. The van der Waals surface area contributed by atoms with Gasteiger partial charge in [0.1, 0.15) is 0 Å². The van der Waals surface area contributed by atoms with Crippen LogP contribution in [0, 0.1) is 0 Å². The zero-order valence-electron chi connectivity index (χ0n) is 14.2. The first kappa shape index (κ1) is 16.8. The zero-order chi connectivity index (χ0) is 17.3. The molecule has 3 N–H and O–H groups in total. The van der Waals surface area contributed by atoms with E-state index < -0.39 is 0 Å². The highest BCUT2D eigenvalue weighted by Crippen LogP contribution is 2.07. The molecular formula is C20H23N5. The number of nitrogens with zero attached hydrogens (tertiary/aromatic N) is 3. The number of hydrogen-bond acceptors (Lipinski definition) is 2. The average molecular weight is 333 g/mol. The Bertz CT molecular complexity index is 777. The van der Waals surface area contributed by atoms with Crippen molar-refractivity contribution in [2.75, 3.05) is 6.54 Å². The summed E-state index contributed by atoms with van der Waals surface area (Å²) in [6.45, 7) is 2.19. The molecule has 1 heterocycles. The summed E-state index contributed by atoms with van der Waals surface area (Å²) in [6, 6.07) is 18.7. The Hall–Kier alpha value is -3.08. The maximum atomic E-state index is 5.93. The predicted molar refractivity (Wildman–Crippen MR) is 101 cm³/mol. The Morgan fingerprint density at radius 3 is 2.48 bits per heavy atom. The standard InChI is InChI=1S/C20H23N5/c21-20(23-11-10-17-4-2-1-3-5-17)24-14-18-6-8-19(9-7-18)15-25-13-12-22-16-25/h1-9,12-13,16H,10-11,14-15H2,(H3,21,23,24). The summed E-state index contributed by atoms with van der Waals surface area (Å²) in [5.74, 6) is 0.485. The van der Waals surface area contributed by atoms with Gasteiger partial charge in [-0.15, -0.1) is 0 Å². The van der Waals surface area contributed by atoms with Crippen LogP contribution in [-0.4, -0.2) is 22.1 Å². The molecule has 0 unspecified atom stereocenters. The monoisotopic (exact) mass is 333 g/mol. The molecule has 0 atom stereocenters. The highest BCUT2D eigenvalue weighted by atomic mass is 15.1. The number of hydrogen-bond donors (Lipinski definition) is 2. The van der Waals surface area contributed by atoms with Crippen LogP contribution in [0.3, 0.4) is 0 Å². The topological polar surface area (TPSA) is 68.2 Å². The lowest BCUT2D eigenvalue weighted by atomic mass is 10.1. The third-order valence-corrected chi connectivity index (χ3v) is 3.94. The molecule has 128 valence electrons. The highest BCUT2D eigenvalue weighted by Gasteiger charge is 1.97. The van der Waals surface area contributed by atoms with E-state index in [1.165, 1.54) is 11.1 Å². The maximum Gasteiger partial charge on any atom is 0.188 e. The van der Waals surface area contributed by atoms with Crippen molar-refractivity contribution >= 4 is 5.96 Å². The van der Waals surface area contributed by atoms with Crippen molar-refractivity contribution < 1.29 is 0 Å². The first-order valence-electron chi connectivity index (χ1n) is 8.41. The van der Waals surface area contributed by atoms with E-state index in [1.54, 1.807) is 6.20 Å². The fraction of sp³-hybridized carbons (Fsp3) is 0.200. The molecule has 5 heteroatoms. The number of benzene rings is 2. The quantitative estimate of drug-likeness (QED) is 0.516. The van der Waals surface area contributed by atoms with E-state index in [-0.39, 0.29) is 0 Å². The van der Waals surface area contributed by atoms with Gasteiger partial charge >= 0.3 is 0 Å². The van der Waals surface area contributed by atoms with Crippen LogP contribution in [0.2, 0.25) is 0 Å². The fourth-order valence-electron chi connectivity index (χ4n) is 2.55. The summed E-state index contributed by atoms with van der Waals surface area (Å²) in [6.07, 6.45) is 6.50. The number of guanidine groups is 1. The van der Waals surface area contributed by atoms with E-state index in [1.807, 2.05) is 35.3 Å². The number of nitrogens with two attached hydrogens (primary N) is 1. The second-order valence-corrected chi connectivity index (χ2v) is 5.92. The molecule has 0 spiro atoms. The first-order valence-corrected chi connectivity index (χ1v) is 8.41. The fourth-order valence-corrected chi connectivity index (χ4v) is 2.55. The smallest absolute Gasteiger partial charge is 0.188 e. The van der Waals surface area contributed by atoms with Gasteiger partial charge in [-0.25, -0.2) is 9.98 Å². The van der Waals surface area contributed by atoms with Crippen LogP contribution in [0.15, 0.2) is 78.3 Å². The molecule has 0 aliphatic carbocycles. The summed E-state index contributed by atoms with van der Waals surface area (Å²) in [5.41, 5.74) is 9.60. The van der Waals surface area contributed by atoms with Crippen molar-refractivity contribution in [2.24, 2.45) is 10.7 Å². The molecule has 2 aromatic carbocycles. The van der Waals surface area contributed by atoms with E-state index in [2.05, 4.69) is 51.7 Å². The van der Waals surface area contributed by atoms with E-state index in [0.29, 0.717) is 12.5 Å². The number of aromatic nitrogens is 2. The average Bonchev–Trinajstić information content (AvgIpc) is 3.15. The lowest BCUT2D eigenvalue weighted by molar-refractivity contribution is 0.796. The van der Waals surface area contributed by atoms with E-state index in [4.69, 9.17) is 5.73 Å². The van der Waals surface area contributed by atoms with Crippen LogP contribution < -0.4 is 11.1 Å². The van der Waals surface area contributed by atoms with Crippen LogP contribution in [0.4, 0.5) is 0 Å². The molecule has 0 saturated carbocycles. The molecule has 3 rings (SSSR count). The first-order chi connectivity index (χ1) is 12.3. The summed E-state index contributed by atoms with van der Waals surface area (Å²) in [4.78, 5) is 8.45. The van der Waals surface area contributed by atoms with E-state index >= 15 is 0 Å². The number of nitrogens with one attached hydrogen (secondary N) is 1. The second-order valence-electron chi connectivity index (χ2n) is 5.92. The van der Waals surface area contributed by atoms with Crippen molar-refractivity contribution in [3.05, 3.63) is 90.0 Å². The van der Waals surface area contributed by atoms with Gasteiger partial charge in [-0.3, -0.25) is 0 Å². The van der Waals surface area contributed by atoms with Crippen LogP contribution in [-0.2, 0) is 19.5 Å². The number of aliphatic imine (C=N–C) groups is 1. The highest BCUT2D eigenvalue weighted by molar-refractivity contribution is 5.77. The van der Waals surface area contributed by atoms with Crippen molar-refractivity contribution in [2.45, 2.75) is 19.5 Å². The molecule has 0 aliphatic heterocycles. The van der Waals surface area contributed by atoms with Gasteiger partial charge in [0.05, 0.1) is 12.9 Å². The molecule has 0 aliphatic rings. The summed E-state index contributed by atoms with van der Waals surface area (Å²) < 4.78 is 2.04. The van der Waals surface area contributed by atoms with Crippen molar-refractivity contribution in [1.82, 2.24) is 14.9 Å². The minimum atomic E-state index is 0.485. The molecule has 0 fully saturated rings.